The van der Waals surface area contributed by atoms with Gasteiger partial charge in [-0.05, 0) is 37.2 Å². The predicted molar refractivity (Wildman–Crippen MR) is 81.8 cm³/mol. The van der Waals surface area contributed by atoms with E-state index in [-0.39, 0.29) is 5.75 Å². The van der Waals surface area contributed by atoms with Crippen molar-refractivity contribution in [1.29, 1.82) is 0 Å². The molecular formula is C12H18BrNO2S2. The summed E-state index contributed by atoms with van der Waals surface area (Å²) < 4.78 is 24.9. The van der Waals surface area contributed by atoms with E-state index in [0.29, 0.717) is 22.4 Å². The topological polar surface area (TPSA) is 60.2 Å². The Morgan fingerprint density at radius 1 is 1.33 bits per heavy atom. The molecule has 102 valence electrons. The maximum absolute atomic E-state index is 12.0. The van der Waals surface area contributed by atoms with Gasteiger partial charge >= 0.3 is 0 Å². The van der Waals surface area contributed by atoms with Crippen molar-refractivity contribution in [2.24, 2.45) is 5.73 Å². The van der Waals surface area contributed by atoms with Gasteiger partial charge in [-0.2, -0.15) is 11.8 Å². The van der Waals surface area contributed by atoms with Crippen molar-refractivity contribution in [3.05, 3.63) is 28.7 Å². The molecule has 1 unspecified atom stereocenters. The fourth-order valence-corrected chi connectivity index (χ4v) is 4.46. The molecule has 2 N–H and O–H groups in total. The average Bonchev–Trinajstić information content (AvgIpc) is 2.29. The molecule has 0 saturated carbocycles. The molecule has 6 heteroatoms. The van der Waals surface area contributed by atoms with Crippen molar-refractivity contribution in [2.45, 2.75) is 23.5 Å². The molecule has 1 rings (SSSR count). The number of nitrogens with two attached hydrogens (primary N) is 1. The fourth-order valence-electron chi connectivity index (χ4n) is 1.44. The summed E-state index contributed by atoms with van der Waals surface area (Å²) >= 11 is 4.95. The number of benzene rings is 1. The minimum atomic E-state index is -3.16. The van der Waals surface area contributed by atoms with E-state index in [2.05, 4.69) is 22.9 Å². The van der Waals surface area contributed by atoms with E-state index in [1.807, 2.05) is 0 Å². The number of hydrogen-bond donors (Lipinski definition) is 1. The molecule has 0 amide bonds. The Morgan fingerprint density at radius 3 is 2.50 bits per heavy atom. The second kappa shape index (κ2) is 7.53. The molecule has 0 heterocycles. The lowest BCUT2D eigenvalue weighted by Gasteiger charge is -2.09. The summed E-state index contributed by atoms with van der Waals surface area (Å²) in [5, 5.41) is 0.412. The van der Waals surface area contributed by atoms with E-state index in [1.165, 1.54) is 0 Å². The smallest absolute Gasteiger partial charge is 0.179 e. The zero-order chi connectivity index (χ0) is 13.6. The van der Waals surface area contributed by atoms with E-state index in [1.54, 1.807) is 36.0 Å². The first kappa shape index (κ1) is 16.0. The molecule has 0 aromatic heterocycles. The molecule has 0 radical (unpaired) electrons. The highest BCUT2D eigenvalue weighted by atomic mass is 79.9. The van der Waals surface area contributed by atoms with Gasteiger partial charge in [-0.3, -0.25) is 0 Å². The van der Waals surface area contributed by atoms with Crippen LogP contribution in [0.1, 0.15) is 13.3 Å². The maximum Gasteiger partial charge on any atom is 0.179 e. The van der Waals surface area contributed by atoms with Gasteiger partial charge in [0, 0.05) is 15.5 Å². The molecule has 1 aromatic rings. The number of rotatable bonds is 7. The zero-order valence-corrected chi connectivity index (χ0v) is 13.5. The second-order valence-corrected chi connectivity index (χ2v) is 8.60. The lowest BCUT2D eigenvalue weighted by Crippen LogP contribution is -2.12. The van der Waals surface area contributed by atoms with Crippen LogP contribution in [0.25, 0.3) is 0 Å². The summed E-state index contributed by atoms with van der Waals surface area (Å²) in [7, 11) is -3.16. The summed E-state index contributed by atoms with van der Waals surface area (Å²) in [6, 6.07) is 6.76. The Hall–Kier alpha value is -0.0400. The average molecular weight is 352 g/mol. The van der Waals surface area contributed by atoms with Crippen molar-refractivity contribution < 1.29 is 8.42 Å². The van der Waals surface area contributed by atoms with E-state index < -0.39 is 9.84 Å². The summed E-state index contributed by atoms with van der Waals surface area (Å²) in [6.45, 7) is 2.72. The lowest BCUT2D eigenvalue weighted by molar-refractivity contribution is 0.597. The van der Waals surface area contributed by atoms with Crippen molar-refractivity contribution in [3.63, 3.8) is 0 Å². The molecule has 0 aliphatic heterocycles. The van der Waals surface area contributed by atoms with Gasteiger partial charge in [-0.25, -0.2) is 8.42 Å². The fraction of sp³-hybridized carbons (Fsp3) is 0.500. The first-order valence-electron chi connectivity index (χ1n) is 5.75. The van der Waals surface area contributed by atoms with E-state index in [4.69, 9.17) is 5.73 Å². The van der Waals surface area contributed by atoms with Gasteiger partial charge < -0.3 is 5.73 Å². The first-order valence-corrected chi connectivity index (χ1v) is 9.25. The largest absolute Gasteiger partial charge is 0.330 e. The van der Waals surface area contributed by atoms with E-state index in [0.717, 1.165) is 10.9 Å². The predicted octanol–water partition coefficient (Wildman–Crippen LogP) is 2.69. The van der Waals surface area contributed by atoms with Gasteiger partial charge in [-0.1, -0.05) is 22.9 Å². The van der Waals surface area contributed by atoms with Crippen LogP contribution in [0.3, 0.4) is 0 Å². The first-order chi connectivity index (χ1) is 8.45. The van der Waals surface area contributed by atoms with Crippen LogP contribution in [0.2, 0.25) is 0 Å². The summed E-state index contributed by atoms with van der Waals surface area (Å²) in [5.41, 5.74) is 5.46. The highest BCUT2D eigenvalue weighted by molar-refractivity contribution is 9.10. The van der Waals surface area contributed by atoms with Gasteiger partial charge in [0.2, 0.25) is 0 Å². The molecule has 1 aromatic carbocycles. The van der Waals surface area contributed by atoms with Gasteiger partial charge in [-0.15, -0.1) is 0 Å². The van der Waals surface area contributed by atoms with Crippen LogP contribution in [0.5, 0.6) is 0 Å². The molecule has 0 fully saturated rings. The van der Waals surface area contributed by atoms with Gasteiger partial charge in [0.15, 0.2) is 9.84 Å². The minimum absolute atomic E-state index is 0.175. The normalized spacial score (nSPS) is 13.5. The Morgan fingerprint density at radius 2 is 1.94 bits per heavy atom. The van der Waals surface area contributed by atoms with Crippen molar-refractivity contribution in [3.8, 4) is 0 Å². The Balaban J connectivity index is 2.52. The monoisotopic (exact) mass is 351 g/mol. The van der Waals surface area contributed by atoms with Crippen molar-refractivity contribution in [1.82, 2.24) is 0 Å². The van der Waals surface area contributed by atoms with Crippen LogP contribution in [0, 0.1) is 0 Å². The highest BCUT2D eigenvalue weighted by Gasteiger charge is 2.14. The number of sulfone groups is 1. The third-order valence-corrected chi connectivity index (χ3v) is 6.26. The van der Waals surface area contributed by atoms with Crippen LogP contribution >= 0.6 is 27.7 Å². The number of thioether (sulfide) groups is 1. The summed E-state index contributed by atoms with van der Waals surface area (Å²) in [4.78, 5) is 0.387. The van der Waals surface area contributed by atoms with Gasteiger partial charge in [0.25, 0.3) is 0 Å². The molecule has 0 bridgehead atoms. The van der Waals surface area contributed by atoms with Gasteiger partial charge in [0.1, 0.15) is 0 Å². The third kappa shape index (κ3) is 5.30. The third-order valence-electron chi connectivity index (χ3n) is 2.50. The van der Waals surface area contributed by atoms with Crippen molar-refractivity contribution in [2.75, 3.05) is 18.1 Å². The Bertz CT molecular complexity index is 459. The number of halogens is 1. The molecule has 0 spiro atoms. The van der Waals surface area contributed by atoms with Crippen LogP contribution in [-0.2, 0) is 9.84 Å². The van der Waals surface area contributed by atoms with Crippen LogP contribution in [-0.4, -0.2) is 31.7 Å². The van der Waals surface area contributed by atoms with Gasteiger partial charge in [0.05, 0.1) is 10.6 Å². The lowest BCUT2D eigenvalue weighted by atomic mass is 10.3. The molecule has 18 heavy (non-hydrogen) atoms. The van der Waals surface area contributed by atoms with Crippen LogP contribution in [0.15, 0.2) is 33.6 Å². The molecule has 1 atom stereocenters. The summed E-state index contributed by atoms with van der Waals surface area (Å²) in [6.07, 6.45) is 0.920. The molecule has 3 nitrogen and oxygen atoms in total. The van der Waals surface area contributed by atoms with Crippen LogP contribution < -0.4 is 5.73 Å². The van der Waals surface area contributed by atoms with E-state index in [9.17, 15) is 8.42 Å². The second-order valence-electron chi connectivity index (χ2n) is 4.03. The standard InChI is InChI=1S/C12H18BrNO2S2/c1-10(6-7-14)17-8-9-18(15,16)12-4-2-11(13)3-5-12/h2-5,10H,6-9,14H2,1H3. The summed E-state index contributed by atoms with van der Waals surface area (Å²) in [5.74, 6) is 0.785. The van der Waals surface area contributed by atoms with Crippen LogP contribution in [0.4, 0.5) is 0 Å². The highest BCUT2D eigenvalue weighted by Crippen LogP contribution is 2.19. The molecule has 0 aliphatic carbocycles. The van der Waals surface area contributed by atoms with E-state index >= 15 is 0 Å². The Kier molecular flexibility index (Phi) is 6.70. The molecular weight excluding hydrogens is 334 g/mol. The molecule has 0 saturated heterocycles. The Labute approximate surface area is 122 Å². The number of hydrogen-bond acceptors (Lipinski definition) is 4. The zero-order valence-electron chi connectivity index (χ0n) is 10.3. The van der Waals surface area contributed by atoms with Crippen molar-refractivity contribution >= 4 is 37.5 Å². The molecule has 0 aliphatic rings. The SMILES string of the molecule is CC(CCN)SCCS(=O)(=O)c1ccc(Br)cc1. The minimum Gasteiger partial charge on any atom is -0.330 e. The quantitative estimate of drug-likeness (QED) is 0.820. The maximum atomic E-state index is 12.0.